The Morgan fingerprint density at radius 3 is 3.29 bits per heavy atom. The maximum absolute atomic E-state index is 5.36. The molecule has 3 rings (SSSR count). The van der Waals surface area contributed by atoms with Gasteiger partial charge in [-0.1, -0.05) is 15.9 Å². The fraction of sp³-hybridized carbons (Fsp3) is 0.300. The van der Waals surface area contributed by atoms with Gasteiger partial charge in [0.05, 0.1) is 17.6 Å². The molecule has 72 valence electrons. The minimum absolute atomic E-state index is 0.631. The molecule has 2 aromatic rings. The van der Waals surface area contributed by atoms with Crippen molar-refractivity contribution in [3.05, 3.63) is 28.5 Å². The number of aromatic nitrogens is 2. The van der Waals surface area contributed by atoms with Crippen molar-refractivity contribution in [2.75, 3.05) is 6.61 Å². The summed E-state index contributed by atoms with van der Waals surface area (Å²) < 4.78 is 8.68. The van der Waals surface area contributed by atoms with Crippen LogP contribution in [0.25, 0.3) is 11.0 Å². The summed E-state index contributed by atoms with van der Waals surface area (Å²) in [7, 11) is 0. The van der Waals surface area contributed by atoms with Crippen LogP contribution in [0.3, 0.4) is 0 Å². The second kappa shape index (κ2) is 3.07. The molecule has 0 saturated carbocycles. The number of hydrogen-bond acceptors (Lipinski definition) is 2. The molecule has 1 aliphatic rings. The minimum atomic E-state index is 0.631. The van der Waals surface area contributed by atoms with Crippen LogP contribution in [-0.4, -0.2) is 16.2 Å². The van der Waals surface area contributed by atoms with Crippen molar-refractivity contribution in [2.45, 2.75) is 13.2 Å². The quantitative estimate of drug-likeness (QED) is 0.720. The van der Waals surface area contributed by atoms with Gasteiger partial charge in [-0.25, -0.2) is 4.98 Å². The molecule has 1 aromatic carbocycles. The summed E-state index contributed by atoms with van der Waals surface area (Å²) in [5, 5.41) is 0. The number of rotatable bonds is 0. The lowest BCUT2D eigenvalue weighted by Gasteiger charge is -2.14. The van der Waals surface area contributed by atoms with E-state index in [0.29, 0.717) is 6.61 Å². The predicted octanol–water partition coefficient (Wildman–Crippen LogP) is 2.33. The Morgan fingerprint density at radius 1 is 1.43 bits per heavy atom. The summed E-state index contributed by atoms with van der Waals surface area (Å²) in [5.41, 5.74) is 2.24. The lowest BCUT2D eigenvalue weighted by Crippen LogP contribution is -2.16. The van der Waals surface area contributed by atoms with Crippen LogP contribution in [0.2, 0.25) is 0 Å². The van der Waals surface area contributed by atoms with Crippen molar-refractivity contribution < 1.29 is 4.74 Å². The number of ether oxygens (including phenoxy) is 1. The first-order valence-electron chi connectivity index (χ1n) is 4.57. The van der Waals surface area contributed by atoms with Crippen LogP contribution in [0.4, 0.5) is 0 Å². The van der Waals surface area contributed by atoms with Crippen molar-refractivity contribution in [3.8, 4) is 0 Å². The highest BCUT2D eigenvalue weighted by Gasteiger charge is 2.14. The van der Waals surface area contributed by atoms with Gasteiger partial charge in [0.2, 0.25) is 0 Å². The summed E-state index contributed by atoms with van der Waals surface area (Å²) in [6.45, 7) is 2.32. The van der Waals surface area contributed by atoms with Gasteiger partial charge in [-0.2, -0.15) is 0 Å². The Hall–Kier alpha value is -0.870. The zero-order valence-electron chi connectivity index (χ0n) is 7.53. The van der Waals surface area contributed by atoms with E-state index >= 15 is 0 Å². The van der Waals surface area contributed by atoms with Gasteiger partial charge in [0.15, 0.2) is 0 Å². The van der Waals surface area contributed by atoms with Gasteiger partial charge in [0, 0.05) is 11.0 Å². The Morgan fingerprint density at radius 2 is 2.36 bits per heavy atom. The molecule has 0 fully saturated rings. The highest BCUT2D eigenvalue weighted by Crippen LogP contribution is 2.22. The lowest BCUT2D eigenvalue weighted by atomic mass is 10.3. The van der Waals surface area contributed by atoms with E-state index in [0.717, 1.165) is 29.0 Å². The van der Waals surface area contributed by atoms with E-state index in [4.69, 9.17) is 4.74 Å². The average molecular weight is 253 g/mol. The van der Waals surface area contributed by atoms with E-state index < -0.39 is 0 Å². The van der Waals surface area contributed by atoms with Gasteiger partial charge in [-0.05, 0) is 18.2 Å². The van der Waals surface area contributed by atoms with E-state index in [9.17, 15) is 0 Å². The molecule has 14 heavy (non-hydrogen) atoms. The third-order valence-corrected chi connectivity index (χ3v) is 2.97. The van der Waals surface area contributed by atoms with Gasteiger partial charge in [0.1, 0.15) is 12.4 Å². The van der Waals surface area contributed by atoms with Gasteiger partial charge in [-0.15, -0.1) is 0 Å². The largest absolute Gasteiger partial charge is 0.372 e. The smallest absolute Gasteiger partial charge is 0.136 e. The molecule has 0 amide bonds. The van der Waals surface area contributed by atoms with Gasteiger partial charge >= 0.3 is 0 Å². The molecule has 0 radical (unpaired) electrons. The summed E-state index contributed by atoms with van der Waals surface area (Å²) >= 11 is 3.47. The molecular formula is C10H9BrN2O. The van der Waals surface area contributed by atoms with Crippen LogP contribution in [-0.2, 0) is 17.9 Å². The second-order valence-corrected chi connectivity index (χ2v) is 4.28. The molecule has 1 aromatic heterocycles. The van der Waals surface area contributed by atoms with E-state index in [1.54, 1.807) is 0 Å². The third-order valence-electron chi connectivity index (χ3n) is 2.48. The fourth-order valence-corrected chi connectivity index (χ4v) is 2.17. The normalized spacial score (nSPS) is 15.8. The molecular weight excluding hydrogens is 244 g/mol. The molecule has 4 heteroatoms. The molecule has 0 spiro atoms. The molecule has 0 aliphatic carbocycles. The van der Waals surface area contributed by atoms with Crippen LogP contribution >= 0.6 is 15.9 Å². The number of nitrogens with zero attached hydrogens (tertiary/aromatic N) is 2. The first-order chi connectivity index (χ1) is 6.84. The van der Waals surface area contributed by atoms with Crippen LogP contribution < -0.4 is 0 Å². The summed E-state index contributed by atoms with van der Waals surface area (Å²) in [6.07, 6.45) is 0. The van der Waals surface area contributed by atoms with Crippen molar-refractivity contribution in [1.82, 2.24) is 9.55 Å². The van der Waals surface area contributed by atoms with E-state index in [1.165, 1.54) is 5.52 Å². The summed E-state index contributed by atoms with van der Waals surface area (Å²) in [6, 6.07) is 6.16. The SMILES string of the molecule is Brc1ccc2nc3n(c2c1)CCOC3. The second-order valence-electron chi connectivity index (χ2n) is 3.37. The number of halogens is 1. The van der Waals surface area contributed by atoms with Crippen LogP contribution in [0, 0.1) is 0 Å². The third kappa shape index (κ3) is 1.18. The number of benzene rings is 1. The molecule has 0 unspecified atom stereocenters. The topological polar surface area (TPSA) is 27.1 Å². The van der Waals surface area contributed by atoms with Gasteiger partial charge in [-0.3, -0.25) is 0 Å². The zero-order valence-corrected chi connectivity index (χ0v) is 9.12. The maximum Gasteiger partial charge on any atom is 0.136 e. The number of imidazole rings is 1. The fourth-order valence-electron chi connectivity index (χ4n) is 1.82. The number of hydrogen-bond donors (Lipinski definition) is 0. The van der Waals surface area contributed by atoms with Crippen molar-refractivity contribution in [1.29, 1.82) is 0 Å². The first-order valence-corrected chi connectivity index (χ1v) is 5.36. The predicted molar refractivity (Wildman–Crippen MR) is 57.1 cm³/mol. The molecule has 2 heterocycles. The van der Waals surface area contributed by atoms with Crippen LogP contribution in [0.1, 0.15) is 5.82 Å². The standard InChI is InChI=1S/C10H9BrN2O/c11-7-1-2-8-9(5-7)13-3-4-14-6-10(13)12-8/h1-2,5H,3-4,6H2. The van der Waals surface area contributed by atoms with Gasteiger partial charge < -0.3 is 9.30 Å². The Kier molecular flexibility index (Phi) is 1.85. The van der Waals surface area contributed by atoms with Crippen LogP contribution in [0.5, 0.6) is 0 Å². The van der Waals surface area contributed by atoms with E-state index in [1.807, 2.05) is 12.1 Å². The Bertz CT molecular complexity index is 492. The molecule has 0 saturated heterocycles. The van der Waals surface area contributed by atoms with Crippen molar-refractivity contribution in [2.24, 2.45) is 0 Å². The zero-order chi connectivity index (χ0) is 9.54. The highest BCUT2D eigenvalue weighted by atomic mass is 79.9. The highest BCUT2D eigenvalue weighted by molar-refractivity contribution is 9.10. The summed E-state index contributed by atoms with van der Waals surface area (Å²) in [4.78, 5) is 4.51. The van der Waals surface area contributed by atoms with E-state index in [-0.39, 0.29) is 0 Å². The first kappa shape index (κ1) is 8.44. The molecule has 0 atom stereocenters. The Labute approximate surface area is 89.8 Å². The molecule has 3 nitrogen and oxygen atoms in total. The number of fused-ring (bicyclic) bond motifs is 3. The van der Waals surface area contributed by atoms with Crippen LogP contribution in [0.15, 0.2) is 22.7 Å². The lowest BCUT2D eigenvalue weighted by molar-refractivity contribution is 0.0830. The molecule has 1 aliphatic heterocycles. The average Bonchev–Trinajstić information content (AvgIpc) is 2.56. The molecule has 0 N–H and O–H groups in total. The maximum atomic E-state index is 5.36. The van der Waals surface area contributed by atoms with Gasteiger partial charge in [0.25, 0.3) is 0 Å². The van der Waals surface area contributed by atoms with Crippen molar-refractivity contribution >= 4 is 27.0 Å². The Balaban J connectivity index is 2.32. The van der Waals surface area contributed by atoms with Crippen molar-refractivity contribution in [3.63, 3.8) is 0 Å². The molecule has 0 bridgehead atoms. The monoisotopic (exact) mass is 252 g/mol. The minimum Gasteiger partial charge on any atom is -0.372 e. The van der Waals surface area contributed by atoms with E-state index in [2.05, 4.69) is 31.5 Å². The summed E-state index contributed by atoms with van der Waals surface area (Å²) in [5.74, 6) is 1.03.